The first kappa shape index (κ1) is 18.1. The highest BCUT2D eigenvalue weighted by Gasteiger charge is 2.23. The Hall–Kier alpha value is 1.09. The molecule has 0 saturated heterocycles. The van der Waals surface area contributed by atoms with Crippen molar-refractivity contribution in [3.05, 3.63) is 0 Å². The third-order valence-electron chi connectivity index (χ3n) is 3.06. The molecular formula is C13H27Cl3Si. The fraction of sp³-hybridized carbons (Fsp3) is 1.00. The molecule has 0 amide bonds. The Balaban J connectivity index is 2.99. The van der Waals surface area contributed by atoms with E-state index in [1.54, 1.807) is 0 Å². The van der Waals surface area contributed by atoms with Gasteiger partial charge in [-0.05, 0) is 6.04 Å². The maximum Gasteiger partial charge on any atom is 0.341 e. The molecule has 0 fully saturated rings. The van der Waals surface area contributed by atoms with Crippen LogP contribution in [-0.2, 0) is 0 Å². The lowest BCUT2D eigenvalue weighted by Crippen LogP contribution is -2.07. The number of unbranched alkanes of at least 4 members (excludes halogenated alkanes) is 10. The fourth-order valence-electron chi connectivity index (χ4n) is 1.99. The summed E-state index contributed by atoms with van der Waals surface area (Å²) < 4.78 is 0. The molecule has 0 N–H and O–H groups in total. The van der Waals surface area contributed by atoms with Crippen LogP contribution >= 0.6 is 33.2 Å². The van der Waals surface area contributed by atoms with Crippen LogP contribution in [0, 0.1) is 0 Å². The van der Waals surface area contributed by atoms with Crippen molar-refractivity contribution in [2.45, 2.75) is 83.6 Å². The second-order valence-corrected chi connectivity index (χ2v) is 14.2. The molecule has 0 saturated carbocycles. The molecule has 0 aliphatic carbocycles. The Labute approximate surface area is 123 Å². The van der Waals surface area contributed by atoms with Crippen molar-refractivity contribution in [2.75, 3.05) is 0 Å². The molecule has 0 aliphatic rings. The zero-order valence-corrected chi connectivity index (χ0v) is 14.4. The summed E-state index contributed by atoms with van der Waals surface area (Å²) >= 11 is 17.5. The van der Waals surface area contributed by atoms with Gasteiger partial charge in [0.2, 0.25) is 0 Å². The molecule has 17 heavy (non-hydrogen) atoms. The molecule has 4 heteroatoms. The van der Waals surface area contributed by atoms with Gasteiger partial charge in [-0.25, -0.2) is 0 Å². The monoisotopic (exact) mass is 316 g/mol. The lowest BCUT2D eigenvalue weighted by Gasteiger charge is -2.06. The number of hydrogen-bond acceptors (Lipinski definition) is 0. The van der Waals surface area contributed by atoms with Crippen LogP contribution in [-0.4, -0.2) is 6.00 Å². The summed E-state index contributed by atoms with van der Waals surface area (Å²) in [6.07, 6.45) is 14.8. The van der Waals surface area contributed by atoms with Crippen LogP contribution in [0.25, 0.3) is 0 Å². The van der Waals surface area contributed by atoms with E-state index in [0.29, 0.717) is 0 Å². The first-order valence-corrected chi connectivity index (χ1v) is 12.4. The molecule has 0 aromatic heterocycles. The smallest absolute Gasteiger partial charge is 0.126 e. The molecule has 0 nitrogen and oxygen atoms in total. The predicted octanol–water partition coefficient (Wildman–Crippen LogP) is 6.95. The first-order chi connectivity index (χ1) is 8.06. The molecule has 0 aliphatic heterocycles. The summed E-state index contributed by atoms with van der Waals surface area (Å²) in [7, 11) is 0. The normalized spacial score (nSPS) is 12.0. The second kappa shape index (κ2) is 12.1. The van der Waals surface area contributed by atoms with Crippen LogP contribution in [0.5, 0.6) is 0 Å². The topological polar surface area (TPSA) is 0 Å². The van der Waals surface area contributed by atoms with E-state index in [9.17, 15) is 0 Å². The molecule has 0 spiro atoms. The van der Waals surface area contributed by atoms with Gasteiger partial charge >= 0.3 is 6.00 Å². The Morgan fingerprint density at radius 1 is 0.588 bits per heavy atom. The van der Waals surface area contributed by atoms with Crippen molar-refractivity contribution in [2.24, 2.45) is 0 Å². The fourth-order valence-corrected chi connectivity index (χ4v) is 3.84. The van der Waals surface area contributed by atoms with Crippen LogP contribution < -0.4 is 0 Å². The van der Waals surface area contributed by atoms with Crippen LogP contribution in [0.15, 0.2) is 0 Å². The van der Waals surface area contributed by atoms with Gasteiger partial charge in [-0.15, -0.1) is 33.2 Å². The van der Waals surface area contributed by atoms with E-state index >= 15 is 0 Å². The SMILES string of the molecule is CCCCCCCCCCCCC[Si](Cl)(Cl)Cl. The molecular weight excluding hydrogens is 291 g/mol. The van der Waals surface area contributed by atoms with Crippen molar-refractivity contribution < 1.29 is 0 Å². The summed E-state index contributed by atoms with van der Waals surface area (Å²) in [5.74, 6) is 0. The van der Waals surface area contributed by atoms with E-state index in [1.165, 1.54) is 64.2 Å². The van der Waals surface area contributed by atoms with Gasteiger partial charge in [0, 0.05) is 0 Å². The molecule has 0 heterocycles. The van der Waals surface area contributed by atoms with E-state index in [1.807, 2.05) is 0 Å². The largest absolute Gasteiger partial charge is 0.341 e. The summed E-state index contributed by atoms with van der Waals surface area (Å²) in [5.41, 5.74) is 0. The van der Waals surface area contributed by atoms with Crippen molar-refractivity contribution in [3.63, 3.8) is 0 Å². The van der Waals surface area contributed by atoms with Gasteiger partial charge < -0.3 is 0 Å². The van der Waals surface area contributed by atoms with Gasteiger partial charge in [-0.3, -0.25) is 0 Å². The van der Waals surface area contributed by atoms with Crippen molar-refractivity contribution >= 4 is 39.2 Å². The van der Waals surface area contributed by atoms with Gasteiger partial charge in [-0.2, -0.15) is 0 Å². The van der Waals surface area contributed by atoms with Gasteiger partial charge in [0.05, 0.1) is 0 Å². The Morgan fingerprint density at radius 3 is 1.29 bits per heavy atom. The standard InChI is InChI=1S/C13H27Cl3Si/c1-2-3-4-5-6-7-8-9-10-11-12-13-17(14,15)16/h2-13H2,1H3. The Morgan fingerprint density at radius 2 is 0.941 bits per heavy atom. The van der Waals surface area contributed by atoms with E-state index in [-0.39, 0.29) is 0 Å². The van der Waals surface area contributed by atoms with Crippen LogP contribution in [0.2, 0.25) is 6.04 Å². The lowest BCUT2D eigenvalue weighted by atomic mass is 10.1. The molecule has 0 atom stereocenters. The third kappa shape index (κ3) is 17.1. The highest BCUT2D eigenvalue weighted by molar-refractivity contribution is 7.64. The van der Waals surface area contributed by atoms with Crippen molar-refractivity contribution in [1.29, 1.82) is 0 Å². The van der Waals surface area contributed by atoms with Gasteiger partial charge in [0.15, 0.2) is 0 Å². The molecule has 0 radical (unpaired) electrons. The van der Waals surface area contributed by atoms with E-state index in [4.69, 9.17) is 33.2 Å². The summed E-state index contributed by atoms with van der Waals surface area (Å²) in [6, 6.07) is -1.51. The lowest BCUT2D eigenvalue weighted by molar-refractivity contribution is 0.554. The zero-order chi connectivity index (χ0) is 13.0. The quantitative estimate of drug-likeness (QED) is 0.207. The molecule has 104 valence electrons. The molecule has 0 aromatic carbocycles. The van der Waals surface area contributed by atoms with Gasteiger partial charge in [0.25, 0.3) is 0 Å². The average Bonchev–Trinajstić information content (AvgIpc) is 2.24. The number of hydrogen-bond donors (Lipinski definition) is 0. The third-order valence-corrected chi connectivity index (χ3v) is 5.69. The maximum atomic E-state index is 5.83. The van der Waals surface area contributed by atoms with Gasteiger partial charge in [0.1, 0.15) is 0 Å². The predicted molar refractivity (Wildman–Crippen MR) is 84.6 cm³/mol. The maximum absolute atomic E-state index is 5.83. The molecule has 0 bridgehead atoms. The van der Waals surface area contributed by atoms with Gasteiger partial charge in [-0.1, -0.05) is 77.6 Å². The number of rotatable bonds is 12. The van der Waals surface area contributed by atoms with Crippen LogP contribution in [0.1, 0.15) is 77.6 Å². The van der Waals surface area contributed by atoms with Crippen LogP contribution in [0.4, 0.5) is 0 Å². The molecule has 0 rings (SSSR count). The summed E-state index contributed by atoms with van der Waals surface area (Å²) in [5, 5.41) is 0. The minimum absolute atomic E-state index is 0.828. The Kier molecular flexibility index (Phi) is 12.9. The highest BCUT2D eigenvalue weighted by atomic mass is 35.8. The zero-order valence-electron chi connectivity index (χ0n) is 11.1. The van der Waals surface area contributed by atoms with E-state index < -0.39 is 6.00 Å². The number of halogens is 3. The Bertz CT molecular complexity index is 157. The van der Waals surface area contributed by atoms with Crippen LogP contribution in [0.3, 0.4) is 0 Å². The van der Waals surface area contributed by atoms with Crippen molar-refractivity contribution in [1.82, 2.24) is 0 Å². The molecule has 0 aromatic rings. The van der Waals surface area contributed by atoms with E-state index in [0.717, 1.165) is 12.5 Å². The van der Waals surface area contributed by atoms with Crippen molar-refractivity contribution in [3.8, 4) is 0 Å². The average molecular weight is 318 g/mol. The minimum Gasteiger partial charge on any atom is -0.126 e. The summed E-state index contributed by atoms with van der Waals surface area (Å²) in [4.78, 5) is 0. The van der Waals surface area contributed by atoms with E-state index in [2.05, 4.69) is 6.92 Å². The first-order valence-electron chi connectivity index (χ1n) is 7.13. The highest BCUT2D eigenvalue weighted by Crippen LogP contribution is 2.27. The minimum atomic E-state index is -2.33. The summed E-state index contributed by atoms with van der Waals surface area (Å²) in [6.45, 7) is 2.26. The molecule has 0 unspecified atom stereocenters. The second-order valence-electron chi connectivity index (χ2n) is 4.90.